The van der Waals surface area contributed by atoms with Gasteiger partial charge in [0.05, 0.1) is 17.9 Å². The number of hydrogen-bond acceptors (Lipinski definition) is 4. The first kappa shape index (κ1) is 12.2. The molecule has 94 valence electrons. The van der Waals surface area contributed by atoms with E-state index in [2.05, 4.69) is 15.6 Å². The summed E-state index contributed by atoms with van der Waals surface area (Å²) < 4.78 is 5.23. The van der Waals surface area contributed by atoms with Crippen LogP contribution in [0.3, 0.4) is 0 Å². The van der Waals surface area contributed by atoms with Crippen molar-refractivity contribution < 1.29 is 9.21 Å². The van der Waals surface area contributed by atoms with Gasteiger partial charge in [-0.25, -0.2) is 4.98 Å². The number of pyridine rings is 1. The summed E-state index contributed by atoms with van der Waals surface area (Å²) in [6.45, 7) is 1.87. The Morgan fingerprint density at radius 3 is 2.78 bits per heavy atom. The molecule has 0 spiro atoms. The van der Waals surface area contributed by atoms with Gasteiger partial charge < -0.3 is 15.1 Å². The van der Waals surface area contributed by atoms with Crippen molar-refractivity contribution in [2.75, 3.05) is 12.4 Å². The second-order valence-corrected chi connectivity index (χ2v) is 3.89. The molecule has 18 heavy (non-hydrogen) atoms. The molecule has 1 amide bonds. The van der Waals surface area contributed by atoms with Crippen LogP contribution in [0.1, 0.15) is 29.1 Å². The third kappa shape index (κ3) is 2.68. The molecule has 0 aliphatic rings. The fraction of sp³-hybridized carbons (Fsp3) is 0.231. The van der Waals surface area contributed by atoms with Crippen LogP contribution in [0.15, 0.2) is 41.1 Å². The molecule has 0 saturated heterocycles. The lowest BCUT2D eigenvalue weighted by molar-refractivity contribution is 0.0935. The summed E-state index contributed by atoms with van der Waals surface area (Å²) >= 11 is 0. The van der Waals surface area contributed by atoms with E-state index < -0.39 is 0 Å². The van der Waals surface area contributed by atoms with Gasteiger partial charge in [-0.2, -0.15) is 0 Å². The third-order valence-electron chi connectivity index (χ3n) is 2.60. The summed E-state index contributed by atoms with van der Waals surface area (Å²) in [5.41, 5.74) is 0.521. The monoisotopic (exact) mass is 245 g/mol. The van der Waals surface area contributed by atoms with E-state index in [-0.39, 0.29) is 11.9 Å². The first-order chi connectivity index (χ1) is 8.70. The zero-order valence-corrected chi connectivity index (χ0v) is 10.3. The van der Waals surface area contributed by atoms with E-state index in [1.807, 2.05) is 13.0 Å². The number of aromatic nitrogens is 1. The van der Waals surface area contributed by atoms with Crippen molar-refractivity contribution >= 4 is 11.7 Å². The largest absolute Gasteiger partial charge is 0.467 e. The number of furan rings is 1. The summed E-state index contributed by atoms with van der Waals surface area (Å²) in [7, 11) is 1.78. The molecule has 1 atom stereocenters. The van der Waals surface area contributed by atoms with Crippen molar-refractivity contribution in [1.29, 1.82) is 0 Å². The molecule has 2 heterocycles. The predicted octanol–water partition coefficient (Wildman–Crippen LogP) is 2.21. The van der Waals surface area contributed by atoms with E-state index in [0.29, 0.717) is 5.56 Å². The van der Waals surface area contributed by atoms with Crippen LogP contribution in [0.25, 0.3) is 0 Å². The Kier molecular flexibility index (Phi) is 3.62. The van der Waals surface area contributed by atoms with E-state index in [4.69, 9.17) is 4.42 Å². The smallest absolute Gasteiger partial charge is 0.253 e. The van der Waals surface area contributed by atoms with Gasteiger partial charge in [0.15, 0.2) is 0 Å². The fourth-order valence-electron chi connectivity index (χ4n) is 1.56. The molecule has 0 saturated carbocycles. The van der Waals surface area contributed by atoms with Crippen molar-refractivity contribution in [3.8, 4) is 0 Å². The van der Waals surface area contributed by atoms with Crippen LogP contribution >= 0.6 is 0 Å². The SMILES string of the molecule is CNc1ccc(C(=O)NC(C)c2ccco2)cn1. The van der Waals surface area contributed by atoms with Gasteiger partial charge in [0.2, 0.25) is 0 Å². The fourth-order valence-corrected chi connectivity index (χ4v) is 1.56. The minimum atomic E-state index is -0.172. The van der Waals surface area contributed by atoms with Gasteiger partial charge >= 0.3 is 0 Å². The average Bonchev–Trinajstić information content (AvgIpc) is 2.92. The number of nitrogens with zero attached hydrogens (tertiary/aromatic N) is 1. The minimum absolute atomic E-state index is 0.170. The molecule has 2 N–H and O–H groups in total. The molecule has 0 aromatic carbocycles. The Morgan fingerprint density at radius 1 is 1.39 bits per heavy atom. The molecule has 5 nitrogen and oxygen atoms in total. The lowest BCUT2D eigenvalue weighted by atomic mass is 10.2. The van der Waals surface area contributed by atoms with Crippen LogP contribution in [0.5, 0.6) is 0 Å². The van der Waals surface area contributed by atoms with Crippen LogP contribution < -0.4 is 10.6 Å². The molecule has 0 fully saturated rings. The summed E-state index contributed by atoms with van der Waals surface area (Å²) in [5.74, 6) is 1.28. The molecule has 0 aliphatic heterocycles. The number of amides is 1. The molecule has 2 rings (SSSR count). The molecule has 0 aliphatic carbocycles. The quantitative estimate of drug-likeness (QED) is 0.866. The highest BCUT2D eigenvalue weighted by Gasteiger charge is 2.13. The van der Waals surface area contributed by atoms with E-state index in [1.54, 1.807) is 31.5 Å². The van der Waals surface area contributed by atoms with Crippen LogP contribution in [-0.2, 0) is 0 Å². The zero-order valence-electron chi connectivity index (χ0n) is 10.3. The second kappa shape index (κ2) is 5.35. The maximum absolute atomic E-state index is 11.9. The maximum Gasteiger partial charge on any atom is 0.253 e. The van der Waals surface area contributed by atoms with E-state index in [9.17, 15) is 4.79 Å². The van der Waals surface area contributed by atoms with Crippen molar-refractivity contribution in [2.45, 2.75) is 13.0 Å². The van der Waals surface area contributed by atoms with Crippen LogP contribution in [0.2, 0.25) is 0 Å². The Hall–Kier alpha value is -2.30. The highest BCUT2D eigenvalue weighted by Crippen LogP contribution is 2.13. The molecular weight excluding hydrogens is 230 g/mol. The van der Waals surface area contributed by atoms with Gasteiger partial charge in [0, 0.05) is 13.2 Å². The molecule has 1 unspecified atom stereocenters. The first-order valence-corrected chi connectivity index (χ1v) is 5.69. The van der Waals surface area contributed by atoms with Gasteiger partial charge in [0.25, 0.3) is 5.91 Å². The number of rotatable bonds is 4. The van der Waals surface area contributed by atoms with E-state index >= 15 is 0 Å². The van der Waals surface area contributed by atoms with Gasteiger partial charge in [0.1, 0.15) is 11.6 Å². The number of carbonyl (C=O) groups excluding carboxylic acids is 1. The molecule has 2 aromatic heterocycles. The van der Waals surface area contributed by atoms with Crippen molar-refractivity contribution in [3.63, 3.8) is 0 Å². The zero-order chi connectivity index (χ0) is 13.0. The number of anilines is 1. The standard InChI is InChI=1S/C13H15N3O2/c1-9(11-4-3-7-18-11)16-13(17)10-5-6-12(14-2)15-8-10/h3-9H,1-2H3,(H,14,15)(H,16,17). The van der Waals surface area contributed by atoms with Gasteiger partial charge in [-0.05, 0) is 31.2 Å². The van der Waals surface area contributed by atoms with Crippen molar-refractivity contribution in [3.05, 3.63) is 48.0 Å². The average molecular weight is 245 g/mol. The molecule has 0 radical (unpaired) electrons. The van der Waals surface area contributed by atoms with Gasteiger partial charge in [-0.1, -0.05) is 0 Å². The van der Waals surface area contributed by atoms with Crippen LogP contribution in [0, 0.1) is 0 Å². The summed E-state index contributed by atoms with van der Waals surface area (Å²) in [6.07, 6.45) is 3.12. The van der Waals surface area contributed by atoms with E-state index in [1.165, 1.54) is 6.20 Å². The third-order valence-corrected chi connectivity index (χ3v) is 2.60. The Labute approximate surface area is 105 Å². The highest BCUT2D eigenvalue weighted by molar-refractivity contribution is 5.94. The topological polar surface area (TPSA) is 67.2 Å². The summed E-state index contributed by atoms with van der Waals surface area (Å²) in [4.78, 5) is 16.0. The van der Waals surface area contributed by atoms with Gasteiger partial charge in [-0.15, -0.1) is 0 Å². The lowest BCUT2D eigenvalue weighted by Crippen LogP contribution is -2.26. The molecular formula is C13H15N3O2. The first-order valence-electron chi connectivity index (χ1n) is 5.69. The maximum atomic E-state index is 11.9. The number of hydrogen-bond donors (Lipinski definition) is 2. The molecule has 0 bridgehead atoms. The Morgan fingerprint density at radius 2 is 2.22 bits per heavy atom. The Balaban J connectivity index is 2.03. The summed E-state index contributed by atoms with van der Waals surface area (Å²) in [5, 5.41) is 5.74. The number of nitrogens with one attached hydrogen (secondary N) is 2. The normalized spacial score (nSPS) is 11.9. The lowest BCUT2D eigenvalue weighted by Gasteiger charge is -2.11. The number of carbonyl (C=O) groups is 1. The van der Waals surface area contributed by atoms with Crippen molar-refractivity contribution in [2.24, 2.45) is 0 Å². The van der Waals surface area contributed by atoms with E-state index in [0.717, 1.165) is 11.6 Å². The Bertz CT molecular complexity index is 506. The van der Waals surface area contributed by atoms with Crippen LogP contribution in [0.4, 0.5) is 5.82 Å². The van der Waals surface area contributed by atoms with Crippen LogP contribution in [-0.4, -0.2) is 17.9 Å². The van der Waals surface area contributed by atoms with Crippen molar-refractivity contribution in [1.82, 2.24) is 10.3 Å². The van der Waals surface area contributed by atoms with Gasteiger partial charge in [-0.3, -0.25) is 4.79 Å². The predicted molar refractivity (Wildman–Crippen MR) is 68.4 cm³/mol. The molecule has 2 aromatic rings. The molecule has 5 heteroatoms. The summed E-state index contributed by atoms with van der Waals surface area (Å²) in [6, 6.07) is 6.93. The highest BCUT2D eigenvalue weighted by atomic mass is 16.3. The minimum Gasteiger partial charge on any atom is -0.467 e. The second-order valence-electron chi connectivity index (χ2n) is 3.89.